The summed E-state index contributed by atoms with van der Waals surface area (Å²) in [6.07, 6.45) is 2.51. The van der Waals surface area contributed by atoms with Crippen molar-refractivity contribution in [1.29, 1.82) is 0 Å². The molecule has 0 amide bonds. The molecule has 2 rings (SSSR count). The van der Waals surface area contributed by atoms with E-state index in [0.717, 1.165) is 35.3 Å². The first-order chi connectivity index (χ1) is 9.79. The van der Waals surface area contributed by atoms with E-state index in [0.29, 0.717) is 6.54 Å². The van der Waals surface area contributed by atoms with Crippen LogP contribution in [0.5, 0.6) is 0 Å². The van der Waals surface area contributed by atoms with Crippen LogP contribution in [0, 0.1) is 0 Å². The molecule has 0 aliphatic carbocycles. The fraction of sp³-hybridized carbons (Fsp3) is 0.267. The number of halogens is 1. The molecule has 106 valence electrons. The van der Waals surface area contributed by atoms with E-state index in [4.69, 9.17) is 16.0 Å². The van der Waals surface area contributed by atoms with Crippen molar-refractivity contribution < 1.29 is 4.42 Å². The molecule has 0 saturated heterocycles. The van der Waals surface area contributed by atoms with E-state index in [1.807, 2.05) is 36.4 Å². The van der Waals surface area contributed by atoms with Crippen LogP contribution in [0.3, 0.4) is 0 Å². The first-order valence-electron chi connectivity index (χ1n) is 6.50. The number of hydrogen-bond acceptors (Lipinski definition) is 2. The summed E-state index contributed by atoms with van der Waals surface area (Å²) < 4.78 is 5.26. The van der Waals surface area contributed by atoms with Gasteiger partial charge in [-0.1, -0.05) is 29.8 Å². The van der Waals surface area contributed by atoms with Crippen LogP contribution in [0.15, 0.2) is 52.1 Å². The van der Waals surface area contributed by atoms with Crippen LogP contribution in [0.4, 0.5) is 0 Å². The van der Waals surface area contributed by atoms with Crippen molar-refractivity contribution in [3.05, 3.63) is 59.0 Å². The highest BCUT2D eigenvalue weighted by atomic mass is 35.5. The third-order valence-electron chi connectivity index (χ3n) is 2.88. The maximum atomic E-state index is 6.12. The van der Waals surface area contributed by atoms with E-state index >= 15 is 0 Å². The van der Waals surface area contributed by atoms with Gasteiger partial charge in [0, 0.05) is 18.6 Å². The minimum Gasteiger partial charge on any atom is -0.467 e. The number of hydrogen-bond donors (Lipinski definition) is 2. The molecule has 5 heteroatoms. The lowest BCUT2D eigenvalue weighted by molar-refractivity contribution is 0.501. The summed E-state index contributed by atoms with van der Waals surface area (Å²) >= 11 is 6.12. The average Bonchev–Trinajstić information content (AvgIpc) is 2.98. The van der Waals surface area contributed by atoms with Crippen LogP contribution in [0.1, 0.15) is 11.3 Å². The zero-order valence-corrected chi connectivity index (χ0v) is 12.2. The van der Waals surface area contributed by atoms with E-state index in [9.17, 15) is 0 Å². The van der Waals surface area contributed by atoms with E-state index in [1.54, 1.807) is 13.3 Å². The maximum absolute atomic E-state index is 6.12. The molecule has 0 fully saturated rings. The largest absolute Gasteiger partial charge is 0.467 e. The van der Waals surface area contributed by atoms with Crippen LogP contribution >= 0.6 is 11.6 Å². The van der Waals surface area contributed by atoms with Crippen LogP contribution in [0.25, 0.3) is 0 Å². The summed E-state index contributed by atoms with van der Waals surface area (Å²) in [5, 5.41) is 7.23. The predicted molar refractivity (Wildman–Crippen MR) is 82.1 cm³/mol. The molecule has 1 aromatic carbocycles. The normalized spacial score (nSPS) is 11.4. The molecule has 4 nitrogen and oxygen atoms in total. The Hall–Kier alpha value is -1.94. The highest BCUT2D eigenvalue weighted by molar-refractivity contribution is 6.31. The monoisotopic (exact) mass is 291 g/mol. The Kier molecular flexibility index (Phi) is 5.50. The number of benzene rings is 1. The second-order valence-electron chi connectivity index (χ2n) is 4.27. The topological polar surface area (TPSA) is 49.6 Å². The van der Waals surface area contributed by atoms with Crippen LogP contribution < -0.4 is 10.6 Å². The van der Waals surface area contributed by atoms with Gasteiger partial charge in [-0.3, -0.25) is 4.99 Å². The lowest BCUT2D eigenvalue weighted by atomic mass is 10.1. The summed E-state index contributed by atoms with van der Waals surface area (Å²) in [5.74, 6) is 1.62. The molecular weight excluding hydrogens is 274 g/mol. The molecule has 1 heterocycles. The molecule has 20 heavy (non-hydrogen) atoms. The molecule has 0 atom stereocenters. The molecule has 2 N–H and O–H groups in total. The Labute approximate surface area is 123 Å². The molecule has 0 bridgehead atoms. The van der Waals surface area contributed by atoms with Gasteiger partial charge in [-0.15, -0.1) is 0 Å². The van der Waals surface area contributed by atoms with Gasteiger partial charge in [0.15, 0.2) is 5.96 Å². The molecule has 0 saturated carbocycles. The molecule has 2 aromatic rings. The summed E-state index contributed by atoms with van der Waals surface area (Å²) in [6, 6.07) is 11.6. The first-order valence-corrected chi connectivity index (χ1v) is 6.87. The van der Waals surface area contributed by atoms with Crippen molar-refractivity contribution in [2.24, 2.45) is 4.99 Å². The summed E-state index contributed by atoms with van der Waals surface area (Å²) in [5.41, 5.74) is 1.13. The minimum atomic E-state index is 0.610. The zero-order chi connectivity index (χ0) is 14.2. The minimum absolute atomic E-state index is 0.610. The van der Waals surface area contributed by atoms with E-state index in [-0.39, 0.29) is 0 Å². The average molecular weight is 292 g/mol. The van der Waals surface area contributed by atoms with Gasteiger partial charge in [0.2, 0.25) is 0 Å². The molecule has 0 radical (unpaired) electrons. The number of guanidine groups is 1. The fourth-order valence-electron chi connectivity index (χ4n) is 1.82. The Bertz CT molecular complexity index is 552. The van der Waals surface area contributed by atoms with Crippen molar-refractivity contribution >= 4 is 17.6 Å². The van der Waals surface area contributed by atoms with Gasteiger partial charge in [0.05, 0.1) is 12.8 Å². The van der Waals surface area contributed by atoms with Gasteiger partial charge in [0.25, 0.3) is 0 Å². The van der Waals surface area contributed by atoms with Crippen LogP contribution in [0.2, 0.25) is 5.02 Å². The second kappa shape index (κ2) is 7.60. The summed E-state index contributed by atoms with van der Waals surface area (Å²) in [7, 11) is 1.74. The van der Waals surface area contributed by atoms with Gasteiger partial charge in [-0.05, 0) is 30.2 Å². The highest BCUT2D eigenvalue weighted by Gasteiger charge is 2.01. The summed E-state index contributed by atoms with van der Waals surface area (Å²) in [6.45, 7) is 1.38. The van der Waals surface area contributed by atoms with Gasteiger partial charge < -0.3 is 15.1 Å². The van der Waals surface area contributed by atoms with Crippen molar-refractivity contribution in [3.8, 4) is 0 Å². The third kappa shape index (κ3) is 4.31. The Morgan fingerprint density at radius 1 is 1.20 bits per heavy atom. The SMILES string of the molecule is CN=C(NCCc1ccccc1Cl)NCc1ccco1. The summed E-state index contributed by atoms with van der Waals surface area (Å²) in [4.78, 5) is 4.16. The first kappa shape index (κ1) is 14.5. The lowest BCUT2D eigenvalue weighted by Crippen LogP contribution is -2.37. The number of furan rings is 1. The fourth-order valence-corrected chi connectivity index (χ4v) is 2.05. The van der Waals surface area contributed by atoms with Gasteiger partial charge in [-0.25, -0.2) is 0 Å². The Balaban J connectivity index is 1.75. The number of nitrogens with zero attached hydrogens (tertiary/aromatic N) is 1. The zero-order valence-electron chi connectivity index (χ0n) is 11.4. The second-order valence-corrected chi connectivity index (χ2v) is 4.68. The van der Waals surface area contributed by atoms with E-state index in [1.165, 1.54) is 0 Å². The maximum Gasteiger partial charge on any atom is 0.191 e. The van der Waals surface area contributed by atoms with Crippen molar-refractivity contribution in [1.82, 2.24) is 10.6 Å². The standard InChI is InChI=1S/C15H18ClN3O/c1-17-15(19-11-13-6-4-10-20-13)18-9-8-12-5-2-3-7-14(12)16/h2-7,10H,8-9,11H2,1H3,(H2,17,18,19). The van der Waals surface area contributed by atoms with E-state index < -0.39 is 0 Å². The highest BCUT2D eigenvalue weighted by Crippen LogP contribution is 2.14. The van der Waals surface area contributed by atoms with Gasteiger partial charge >= 0.3 is 0 Å². The third-order valence-corrected chi connectivity index (χ3v) is 3.25. The molecule has 0 spiro atoms. The molecule has 0 unspecified atom stereocenters. The molecular formula is C15H18ClN3O. The number of nitrogens with one attached hydrogen (secondary N) is 2. The van der Waals surface area contributed by atoms with Crippen LogP contribution in [-0.4, -0.2) is 19.6 Å². The molecule has 1 aromatic heterocycles. The van der Waals surface area contributed by atoms with E-state index in [2.05, 4.69) is 15.6 Å². The Morgan fingerprint density at radius 2 is 2.05 bits per heavy atom. The van der Waals surface area contributed by atoms with Gasteiger partial charge in [0.1, 0.15) is 5.76 Å². The smallest absolute Gasteiger partial charge is 0.191 e. The number of aliphatic imine (C=N–C) groups is 1. The lowest BCUT2D eigenvalue weighted by Gasteiger charge is -2.11. The van der Waals surface area contributed by atoms with Crippen molar-refractivity contribution in [3.63, 3.8) is 0 Å². The quantitative estimate of drug-likeness (QED) is 0.658. The number of rotatable bonds is 5. The predicted octanol–water partition coefficient (Wildman–Crippen LogP) is 2.84. The van der Waals surface area contributed by atoms with Gasteiger partial charge in [-0.2, -0.15) is 0 Å². The molecule has 0 aliphatic heterocycles. The van der Waals surface area contributed by atoms with Crippen molar-refractivity contribution in [2.45, 2.75) is 13.0 Å². The van der Waals surface area contributed by atoms with Crippen LogP contribution in [-0.2, 0) is 13.0 Å². The molecule has 0 aliphatic rings. The van der Waals surface area contributed by atoms with Crippen molar-refractivity contribution in [2.75, 3.05) is 13.6 Å². The Morgan fingerprint density at radius 3 is 2.75 bits per heavy atom.